The summed E-state index contributed by atoms with van der Waals surface area (Å²) >= 11 is 0. The van der Waals surface area contributed by atoms with E-state index in [1.165, 1.54) is 11.1 Å². The van der Waals surface area contributed by atoms with Gasteiger partial charge >= 0.3 is 5.97 Å². The second-order valence-electron chi connectivity index (χ2n) is 4.57. The molecular weight excluding hydrogens is 202 g/mol. The Hall–Kier alpha value is -1.51. The van der Waals surface area contributed by atoms with Gasteiger partial charge in [0.25, 0.3) is 0 Å². The first-order valence-electron chi connectivity index (χ1n) is 5.62. The van der Waals surface area contributed by atoms with E-state index >= 15 is 0 Å². The third-order valence-corrected chi connectivity index (χ3v) is 3.40. The zero-order chi connectivity index (χ0) is 11.7. The molecule has 0 bridgehead atoms. The molecule has 16 heavy (non-hydrogen) atoms. The number of aliphatic carboxylic acids is 1. The third kappa shape index (κ3) is 2.18. The second-order valence-corrected chi connectivity index (χ2v) is 4.57. The Morgan fingerprint density at radius 1 is 1.50 bits per heavy atom. The number of carboxylic acid groups (broad SMARTS) is 1. The zero-order valence-corrected chi connectivity index (χ0v) is 9.66. The van der Waals surface area contributed by atoms with Gasteiger partial charge < -0.3 is 10.4 Å². The summed E-state index contributed by atoms with van der Waals surface area (Å²) in [5.74, 6) is -0.484. The van der Waals surface area contributed by atoms with E-state index in [-0.39, 0.29) is 5.92 Å². The van der Waals surface area contributed by atoms with E-state index in [1.54, 1.807) is 0 Å². The van der Waals surface area contributed by atoms with Gasteiger partial charge in [0.15, 0.2) is 0 Å². The Labute approximate surface area is 95.5 Å². The standard InChI is InChI=1S/C13H17NO2/c1-8-4-3-5-12(9(8)2)14-7-10-6-11(10)13(15)16/h3-5,10-11,14H,6-7H2,1-2H3,(H,15,16). The van der Waals surface area contributed by atoms with Crippen LogP contribution in [0.5, 0.6) is 0 Å². The Balaban J connectivity index is 1.91. The highest BCUT2D eigenvalue weighted by atomic mass is 16.4. The second kappa shape index (κ2) is 4.16. The van der Waals surface area contributed by atoms with Crippen molar-refractivity contribution in [1.82, 2.24) is 0 Å². The molecule has 1 fully saturated rings. The number of hydrogen-bond donors (Lipinski definition) is 2. The molecule has 1 saturated carbocycles. The van der Waals surface area contributed by atoms with E-state index < -0.39 is 5.97 Å². The predicted octanol–water partition coefficient (Wildman–Crippen LogP) is 2.44. The van der Waals surface area contributed by atoms with Gasteiger partial charge in [-0.25, -0.2) is 0 Å². The molecule has 1 aromatic carbocycles. The number of benzene rings is 1. The van der Waals surface area contributed by atoms with Gasteiger partial charge in [0, 0.05) is 12.2 Å². The van der Waals surface area contributed by atoms with Crippen molar-refractivity contribution in [3.63, 3.8) is 0 Å². The van der Waals surface area contributed by atoms with Crippen LogP contribution in [0, 0.1) is 25.7 Å². The monoisotopic (exact) mass is 219 g/mol. The lowest BCUT2D eigenvalue weighted by Crippen LogP contribution is -2.09. The summed E-state index contributed by atoms with van der Waals surface area (Å²) in [4.78, 5) is 10.7. The van der Waals surface area contributed by atoms with E-state index in [4.69, 9.17) is 5.11 Å². The molecule has 0 aliphatic heterocycles. The summed E-state index contributed by atoms with van der Waals surface area (Å²) in [5, 5.41) is 12.1. The molecule has 2 rings (SSSR count). The maximum atomic E-state index is 10.7. The number of carbonyl (C=O) groups is 1. The normalized spacial score (nSPS) is 22.9. The average Bonchev–Trinajstić information content (AvgIpc) is 3.00. The molecule has 1 aliphatic rings. The molecule has 1 aliphatic carbocycles. The van der Waals surface area contributed by atoms with Crippen LogP contribution >= 0.6 is 0 Å². The molecule has 1 aromatic rings. The average molecular weight is 219 g/mol. The lowest BCUT2D eigenvalue weighted by atomic mass is 10.1. The number of aryl methyl sites for hydroxylation is 1. The number of hydrogen-bond acceptors (Lipinski definition) is 2. The SMILES string of the molecule is Cc1cccc(NCC2CC2C(=O)O)c1C. The van der Waals surface area contributed by atoms with E-state index in [0.29, 0.717) is 5.92 Å². The topological polar surface area (TPSA) is 49.3 Å². The Morgan fingerprint density at radius 2 is 2.25 bits per heavy atom. The van der Waals surface area contributed by atoms with Crippen molar-refractivity contribution in [2.75, 3.05) is 11.9 Å². The fourth-order valence-electron chi connectivity index (χ4n) is 1.96. The van der Waals surface area contributed by atoms with E-state index in [0.717, 1.165) is 18.7 Å². The van der Waals surface area contributed by atoms with Crippen molar-refractivity contribution >= 4 is 11.7 Å². The van der Waals surface area contributed by atoms with Crippen molar-refractivity contribution in [3.8, 4) is 0 Å². The zero-order valence-electron chi connectivity index (χ0n) is 9.66. The van der Waals surface area contributed by atoms with Crippen molar-refractivity contribution in [2.45, 2.75) is 20.3 Å². The number of rotatable bonds is 4. The van der Waals surface area contributed by atoms with Crippen LogP contribution in [-0.4, -0.2) is 17.6 Å². The van der Waals surface area contributed by atoms with Crippen LogP contribution < -0.4 is 5.32 Å². The van der Waals surface area contributed by atoms with Gasteiger partial charge in [-0.3, -0.25) is 4.79 Å². The number of anilines is 1. The molecule has 0 heterocycles. The molecule has 0 radical (unpaired) electrons. The molecule has 0 aromatic heterocycles. The Kier molecular flexibility index (Phi) is 2.86. The van der Waals surface area contributed by atoms with Crippen molar-refractivity contribution in [3.05, 3.63) is 29.3 Å². The summed E-state index contributed by atoms with van der Waals surface area (Å²) < 4.78 is 0. The van der Waals surface area contributed by atoms with Gasteiger partial charge in [-0.1, -0.05) is 12.1 Å². The van der Waals surface area contributed by atoms with Crippen LogP contribution in [0.1, 0.15) is 17.5 Å². The number of carboxylic acids is 1. The molecule has 3 nitrogen and oxygen atoms in total. The number of nitrogens with one attached hydrogen (secondary N) is 1. The van der Waals surface area contributed by atoms with Gasteiger partial charge in [-0.05, 0) is 43.4 Å². The fraction of sp³-hybridized carbons (Fsp3) is 0.462. The molecule has 0 amide bonds. The first-order valence-corrected chi connectivity index (χ1v) is 5.62. The van der Waals surface area contributed by atoms with Gasteiger partial charge in [0.05, 0.1) is 5.92 Å². The molecule has 2 N–H and O–H groups in total. The highest BCUT2D eigenvalue weighted by molar-refractivity contribution is 5.73. The van der Waals surface area contributed by atoms with Crippen molar-refractivity contribution < 1.29 is 9.90 Å². The van der Waals surface area contributed by atoms with Gasteiger partial charge in [0.2, 0.25) is 0 Å². The Bertz CT molecular complexity index is 414. The van der Waals surface area contributed by atoms with Crippen molar-refractivity contribution in [1.29, 1.82) is 0 Å². The summed E-state index contributed by atoms with van der Waals surface area (Å²) in [5.41, 5.74) is 3.63. The van der Waals surface area contributed by atoms with Crippen LogP contribution in [0.15, 0.2) is 18.2 Å². The van der Waals surface area contributed by atoms with E-state index in [2.05, 4.69) is 25.2 Å². The smallest absolute Gasteiger partial charge is 0.306 e. The Morgan fingerprint density at radius 3 is 2.88 bits per heavy atom. The van der Waals surface area contributed by atoms with Crippen LogP contribution in [0.25, 0.3) is 0 Å². The van der Waals surface area contributed by atoms with Crippen LogP contribution in [0.2, 0.25) is 0 Å². The lowest BCUT2D eigenvalue weighted by molar-refractivity contribution is -0.138. The molecule has 2 atom stereocenters. The predicted molar refractivity (Wildman–Crippen MR) is 63.6 cm³/mol. The highest BCUT2D eigenvalue weighted by Gasteiger charge is 2.42. The third-order valence-electron chi connectivity index (χ3n) is 3.40. The summed E-state index contributed by atoms with van der Waals surface area (Å²) in [7, 11) is 0. The minimum atomic E-state index is -0.659. The van der Waals surface area contributed by atoms with Crippen LogP contribution in [0.4, 0.5) is 5.69 Å². The quantitative estimate of drug-likeness (QED) is 0.817. The van der Waals surface area contributed by atoms with Crippen molar-refractivity contribution in [2.24, 2.45) is 11.8 Å². The molecule has 2 unspecified atom stereocenters. The van der Waals surface area contributed by atoms with Gasteiger partial charge in [-0.15, -0.1) is 0 Å². The summed E-state index contributed by atoms with van der Waals surface area (Å²) in [6, 6.07) is 6.14. The maximum absolute atomic E-state index is 10.7. The van der Waals surface area contributed by atoms with Crippen LogP contribution in [0.3, 0.4) is 0 Å². The molecule has 0 saturated heterocycles. The first kappa shape index (κ1) is 11.0. The maximum Gasteiger partial charge on any atom is 0.306 e. The van der Waals surface area contributed by atoms with Crippen LogP contribution in [-0.2, 0) is 4.79 Å². The summed E-state index contributed by atoms with van der Waals surface area (Å²) in [6.45, 7) is 4.93. The first-order chi connectivity index (χ1) is 7.59. The molecule has 3 heteroatoms. The molecule has 0 spiro atoms. The van der Waals surface area contributed by atoms with E-state index in [1.807, 2.05) is 12.1 Å². The minimum Gasteiger partial charge on any atom is -0.481 e. The molecule has 86 valence electrons. The largest absolute Gasteiger partial charge is 0.481 e. The van der Waals surface area contributed by atoms with E-state index in [9.17, 15) is 4.79 Å². The molecular formula is C13H17NO2. The highest BCUT2D eigenvalue weighted by Crippen LogP contribution is 2.38. The lowest BCUT2D eigenvalue weighted by Gasteiger charge is -2.10. The minimum absolute atomic E-state index is 0.127. The summed E-state index contributed by atoms with van der Waals surface area (Å²) in [6.07, 6.45) is 0.813. The fourth-order valence-corrected chi connectivity index (χ4v) is 1.96. The van der Waals surface area contributed by atoms with Gasteiger partial charge in [-0.2, -0.15) is 0 Å². The van der Waals surface area contributed by atoms with Gasteiger partial charge in [0.1, 0.15) is 0 Å².